The molecule has 1 spiro atoms. The molecule has 1 aromatic carbocycles. The molecule has 1 aliphatic heterocycles. The third-order valence-electron chi connectivity index (χ3n) is 5.62. The molecule has 1 aromatic rings. The van der Waals surface area contributed by atoms with E-state index in [1.54, 1.807) is 6.07 Å². The zero-order valence-corrected chi connectivity index (χ0v) is 13.4. The topological polar surface area (TPSA) is 52.9 Å². The van der Waals surface area contributed by atoms with E-state index < -0.39 is 5.41 Å². The fourth-order valence-corrected chi connectivity index (χ4v) is 4.39. The SMILES string of the molecule is N#Cc1cc(F)cc([C@@H]2C=C3C(=CC2)NC(=O)C32CCCCC2)c1. The van der Waals surface area contributed by atoms with Gasteiger partial charge in [-0.05, 0) is 48.6 Å². The molecule has 1 atom stereocenters. The van der Waals surface area contributed by atoms with Crippen molar-refractivity contribution in [3.8, 4) is 6.07 Å². The Morgan fingerprint density at radius 2 is 2.00 bits per heavy atom. The number of benzene rings is 1. The molecule has 1 heterocycles. The Bertz CT molecular complexity index is 809. The zero-order valence-electron chi connectivity index (χ0n) is 13.4. The van der Waals surface area contributed by atoms with E-state index in [9.17, 15) is 9.18 Å². The summed E-state index contributed by atoms with van der Waals surface area (Å²) in [5.74, 6) is -0.249. The minimum atomic E-state index is -0.395. The monoisotopic (exact) mass is 322 g/mol. The smallest absolute Gasteiger partial charge is 0.235 e. The van der Waals surface area contributed by atoms with Crippen LogP contribution in [0.1, 0.15) is 55.6 Å². The van der Waals surface area contributed by atoms with Crippen molar-refractivity contribution >= 4 is 5.91 Å². The number of nitriles is 1. The second-order valence-corrected chi connectivity index (χ2v) is 7.02. The van der Waals surface area contributed by atoms with Gasteiger partial charge in [-0.25, -0.2) is 4.39 Å². The van der Waals surface area contributed by atoms with E-state index in [-0.39, 0.29) is 17.6 Å². The van der Waals surface area contributed by atoms with Crippen LogP contribution in [0.25, 0.3) is 0 Å². The van der Waals surface area contributed by atoms with Gasteiger partial charge in [-0.15, -0.1) is 0 Å². The van der Waals surface area contributed by atoms with Crippen molar-refractivity contribution in [1.82, 2.24) is 5.32 Å². The number of hydrogen-bond acceptors (Lipinski definition) is 2. The van der Waals surface area contributed by atoms with Gasteiger partial charge < -0.3 is 5.32 Å². The maximum Gasteiger partial charge on any atom is 0.235 e. The maximum atomic E-state index is 13.8. The first-order valence-corrected chi connectivity index (χ1v) is 8.57. The molecule has 122 valence electrons. The summed E-state index contributed by atoms with van der Waals surface area (Å²) in [7, 11) is 0. The minimum absolute atomic E-state index is 0.0121. The molecule has 0 unspecified atom stereocenters. The van der Waals surface area contributed by atoms with E-state index in [1.807, 2.05) is 6.07 Å². The highest BCUT2D eigenvalue weighted by Gasteiger charge is 2.49. The van der Waals surface area contributed by atoms with Crippen LogP contribution in [0.4, 0.5) is 4.39 Å². The Kier molecular flexibility index (Phi) is 3.53. The second kappa shape index (κ2) is 5.59. The number of nitrogens with one attached hydrogen (secondary N) is 1. The van der Waals surface area contributed by atoms with Gasteiger partial charge in [-0.3, -0.25) is 4.79 Å². The minimum Gasteiger partial charge on any atom is -0.325 e. The molecule has 3 aliphatic rings. The summed E-state index contributed by atoms with van der Waals surface area (Å²) in [5, 5.41) is 12.1. The first kappa shape index (κ1) is 15.1. The van der Waals surface area contributed by atoms with E-state index in [0.29, 0.717) is 12.0 Å². The third-order valence-corrected chi connectivity index (χ3v) is 5.62. The lowest BCUT2D eigenvalue weighted by Gasteiger charge is -2.33. The molecule has 24 heavy (non-hydrogen) atoms. The van der Waals surface area contributed by atoms with E-state index in [0.717, 1.165) is 42.5 Å². The summed E-state index contributed by atoms with van der Waals surface area (Å²) >= 11 is 0. The van der Waals surface area contributed by atoms with Crippen molar-refractivity contribution in [2.45, 2.75) is 44.4 Å². The van der Waals surface area contributed by atoms with Gasteiger partial charge in [-0.2, -0.15) is 5.26 Å². The molecule has 2 aliphatic carbocycles. The van der Waals surface area contributed by atoms with Crippen LogP contribution in [-0.2, 0) is 4.79 Å². The number of nitrogens with zero attached hydrogens (tertiary/aromatic N) is 1. The van der Waals surface area contributed by atoms with Gasteiger partial charge in [-0.1, -0.05) is 31.4 Å². The quantitative estimate of drug-likeness (QED) is 0.847. The normalized spacial score (nSPS) is 24.7. The van der Waals surface area contributed by atoms with Crippen molar-refractivity contribution in [3.63, 3.8) is 0 Å². The van der Waals surface area contributed by atoms with Crippen LogP contribution >= 0.6 is 0 Å². The van der Waals surface area contributed by atoms with E-state index in [4.69, 9.17) is 5.26 Å². The van der Waals surface area contributed by atoms with Crippen LogP contribution in [-0.4, -0.2) is 5.91 Å². The average molecular weight is 322 g/mol. The molecule has 1 saturated carbocycles. The summed E-state index contributed by atoms with van der Waals surface area (Å²) in [4.78, 5) is 12.6. The van der Waals surface area contributed by atoms with Gasteiger partial charge in [0.1, 0.15) is 5.82 Å². The second-order valence-electron chi connectivity index (χ2n) is 7.02. The number of carbonyl (C=O) groups is 1. The Morgan fingerprint density at radius 1 is 1.21 bits per heavy atom. The third kappa shape index (κ3) is 2.27. The summed E-state index contributed by atoms with van der Waals surface area (Å²) < 4.78 is 13.8. The van der Waals surface area contributed by atoms with Crippen LogP contribution < -0.4 is 5.32 Å². The number of hydrogen-bond donors (Lipinski definition) is 1. The lowest BCUT2D eigenvalue weighted by Crippen LogP contribution is -2.34. The van der Waals surface area contributed by atoms with Crippen molar-refractivity contribution in [2.75, 3.05) is 0 Å². The van der Waals surface area contributed by atoms with Gasteiger partial charge >= 0.3 is 0 Å². The Labute approximate surface area is 140 Å². The van der Waals surface area contributed by atoms with Gasteiger partial charge in [0.05, 0.1) is 17.0 Å². The number of carbonyl (C=O) groups excluding carboxylic acids is 1. The fourth-order valence-electron chi connectivity index (χ4n) is 4.39. The summed E-state index contributed by atoms with van der Waals surface area (Å²) in [5.41, 5.74) is 2.78. The van der Waals surface area contributed by atoms with Crippen LogP contribution in [0.2, 0.25) is 0 Å². The van der Waals surface area contributed by atoms with Crippen LogP contribution in [0.5, 0.6) is 0 Å². The number of halogens is 1. The maximum absolute atomic E-state index is 13.8. The highest BCUT2D eigenvalue weighted by molar-refractivity contribution is 5.94. The van der Waals surface area contributed by atoms with Crippen LogP contribution in [0.3, 0.4) is 0 Å². The molecule has 4 rings (SSSR count). The molecule has 3 nitrogen and oxygen atoms in total. The van der Waals surface area contributed by atoms with Crippen LogP contribution in [0.15, 0.2) is 41.6 Å². The Balaban J connectivity index is 1.75. The van der Waals surface area contributed by atoms with Crippen molar-refractivity contribution in [3.05, 3.63) is 58.6 Å². The van der Waals surface area contributed by atoms with E-state index in [2.05, 4.69) is 17.5 Å². The van der Waals surface area contributed by atoms with Gasteiger partial charge in [0.2, 0.25) is 5.91 Å². The number of fused-ring (bicyclic) bond motifs is 2. The summed E-state index contributed by atoms with van der Waals surface area (Å²) in [6.07, 6.45) is 10.0. The first-order valence-electron chi connectivity index (χ1n) is 8.57. The molecule has 1 N–H and O–H groups in total. The molecule has 0 bridgehead atoms. The summed E-state index contributed by atoms with van der Waals surface area (Å²) in [6, 6.07) is 6.52. The van der Waals surface area contributed by atoms with Crippen molar-refractivity contribution < 1.29 is 9.18 Å². The average Bonchev–Trinajstić information content (AvgIpc) is 2.86. The highest BCUT2D eigenvalue weighted by atomic mass is 19.1. The van der Waals surface area contributed by atoms with Gasteiger partial charge in [0, 0.05) is 11.6 Å². The Hall–Kier alpha value is -2.41. The van der Waals surface area contributed by atoms with E-state index >= 15 is 0 Å². The van der Waals surface area contributed by atoms with Crippen molar-refractivity contribution in [2.24, 2.45) is 5.41 Å². The molecule has 4 heteroatoms. The van der Waals surface area contributed by atoms with Gasteiger partial charge in [0.25, 0.3) is 0 Å². The number of amides is 1. The number of allylic oxidation sites excluding steroid dienone is 3. The molecule has 1 amide bonds. The highest BCUT2D eigenvalue weighted by Crippen LogP contribution is 2.51. The fraction of sp³-hybridized carbons (Fsp3) is 0.400. The standard InChI is InChI=1S/C20H19FN2O/c21-16-9-13(12-22)8-15(10-16)14-4-5-18-17(11-14)20(19(24)23-18)6-2-1-3-7-20/h5,8-11,14H,1-4,6-7H2,(H,23,24)/t14-/m0/s1. The molecule has 0 aromatic heterocycles. The number of rotatable bonds is 1. The zero-order chi connectivity index (χ0) is 16.7. The molecule has 2 fully saturated rings. The first-order chi connectivity index (χ1) is 11.6. The lowest BCUT2D eigenvalue weighted by atomic mass is 9.68. The Morgan fingerprint density at radius 3 is 2.75 bits per heavy atom. The van der Waals surface area contributed by atoms with Gasteiger partial charge in [0.15, 0.2) is 0 Å². The largest absolute Gasteiger partial charge is 0.325 e. The van der Waals surface area contributed by atoms with E-state index in [1.165, 1.54) is 18.6 Å². The van der Waals surface area contributed by atoms with Crippen molar-refractivity contribution in [1.29, 1.82) is 5.26 Å². The molecular weight excluding hydrogens is 303 g/mol. The predicted molar refractivity (Wildman–Crippen MR) is 88.3 cm³/mol. The summed E-state index contributed by atoms with van der Waals surface area (Å²) in [6.45, 7) is 0. The predicted octanol–water partition coefficient (Wildman–Crippen LogP) is 4.08. The lowest BCUT2D eigenvalue weighted by molar-refractivity contribution is -0.127. The van der Waals surface area contributed by atoms with Crippen LogP contribution in [0, 0.1) is 22.6 Å². The molecule has 0 radical (unpaired) electrons. The molecule has 1 saturated heterocycles. The molecular formula is C20H19FN2O.